The molecule has 18 heavy (non-hydrogen) atoms. The molecule has 1 fully saturated rings. The molecule has 0 atom stereocenters. The number of aliphatic hydroxyl groups excluding tert-OH is 1. The monoisotopic (exact) mass is 258 g/mol. The van der Waals surface area contributed by atoms with E-state index in [4.69, 9.17) is 4.74 Å². The van der Waals surface area contributed by atoms with Crippen LogP contribution in [-0.4, -0.2) is 51.0 Å². The van der Waals surface area contributed by atoms with Gasteiger partial charge >= 0.3 is 0 Å². The number of ether oxygens (including phenoxy) is 1. The van der Waals surface area contributed by atoms with Crippen molar-refractivity contribution < 1.29 is 14.6 Å². The molecule has 0 saturated heterocycles. The largest absolute Gasteiger partial charge is 0.396 e. The molecule has 1 aliphatic carbocycles. The molecule has 5 nitrogen and oxygen atoms in total. The average molecular weight is 258 g/mol. The Bertz CT molecular complexity index is 240. The summed E-state index contributed by atoms with van der Waals surface area (Å²) in [4.78, 5) is 11.5. The molecule has 1 saturated carbocycles. The Labute approximate surface area is 109 Å². The van der Waals surface area contributed by atoms with Crippen LogP contribution in [0.4, 0.5) is 0 Å². The molecule has 0 unspecified atom stereocenters. The van der Waals surface area contributed by atoms with Crippen LogP contribution in [0.3, 0.4) is 0 Å². The highest BCUT2D eigenvalue weighted by Gasteiger charge is 2.32. The van der Waals surface area contributed by atoms with E-state index in [1.54, 1.807) is 7.11 Å². The Hall–Kier alpha value is -0.650. The Morgan fingerprint density at radius 2 is 2.11 bits per heavy atom. The number of methoxy groups -OCH3 is 1. The number of aliphatic hydroxyl groups is 1. The third-order valence-corrected chi connectivity index (χ3v) is 3.63. The van der Waals surface area contributed by atoms with Crippen molar-refractivity contribution in [3.05, 3.63) is 0 Å². The number of amides is 1. The number of hydrogen-bond donors (Lipinski definition) is 3. The lowest BCUT2D eigenvalue weighted by molar-refractivity contribution is -0.120. The van der Waals surface area contributed by atoms with Crippen molar-refractivity contribution >= 4 is 5.91 Å². The number of carbonyl (C=O) groups excluding carboxylic acids is 1. The van der Waals surface area contributed by atoms with Gasteiger partial charge in [0.15, 0.2) is 0 Å². The van der Waals surface area contributed by atoms with Crippen LogP contribution in [0.1, 0.15) is 32.1 Å². The van der Waals surface area contributed by atoms with Crippen LogP contribution in [0.5, 0.6) is 0 Å². The third-order valence-electron chi connectivity index (χ3n) is 3.63. The standard InChI is InChI=1S/C13H26N2O3/c1-18-8-4-7-15-12(17)9-14-10-13(11-16)5-2-3-6-13/h14,16H,2-11H2,1H3,(H,15,17). The van der Waals surface area contributed by atoms with Crippen LogP contribution >= 0.6 is 0 Å². The van der Waals surface area contributed by atoms with Crippen LogP contribution < -0.4 is 10.6 Å². The van der Waals surface area contributed by atoms with Crippen LogP contribution in [0.15, 0.2) is 0 Å². The summed E-state index contributed by atoms with van der Waals surface area (Å²) in [6.07, 6.45) is 5.33. The quantitative estimate of drug-likeness (QED) is 0.520. The molecule has 0 bridgehead atoms. The summed E-state index contributed by atoms with van der Waals surface area (Å²) in [6.45, 7) is 2.60. The van der Waals surface area contributed by atoms with Gasteiger partial charge in [0, 0.05) is 38.8 Å². The maximum absolute atomic E-state index is 11.5. The van der Waals surface area contributed by atoms with E-state index < -0.39 is 0 Å². The zero-order valence-electron chi connectivity index (χ0n) is 11.3. The molecule has 1 rings (SSSR count). The SMILES string of the molecule is COCCCNC(=O)CNCC1(CO)CCCC1. The average Bonchev–Trinajstić information content (AvgIpc) is 2.84. The lowest BCUT2D eigenvalue weighted by atomic mass is 9.87. The van der Waals surface area contributed by atoms with Crippen LogP contribution in [-0.2, 0) is 9.53 Å². The summed E-state index contributed by atoms with van der Waals surface area (Å²) in [7, 11) is 1.65. The second-order valence-corrected chi connectivity index (χ2v) is 5.17. The summed E-state index contributed by atoms with van der Waals surface area (Å²) < 4.78 is 4.91. The van der Waals surface area contributed by atoms with E-state index in [1.807, 2.05) is 0 Å². The first-order valence-electron chi connectivity index (χ1n) is 6.80. The number of hydrogen-bond acceptors (Lipinski definition) is 4. The topological polar surface area (TPSA) is 70.6 Å². The first-order chi connectivity index (χ1) is 8.72. The fourth-order valence-corrected chi connectivity index (χ4v) is 2.46. The normalized spacial score (nSPS) is 17.9. The van der Waals surface area contributed by atoms with Gasteiger partial charge in [-0.2, -0.15) is 0 Å². The van der Waals surface area contributed by atoms with Gasteiger partial charge in [0.05, 0.1) is 6.54 Å². The van der Waals surface area contributed by atoms with Gasteiger partial charge in [0.2, 0.25) is 5.91 Å². The highest BCUT2D eigenvalue weighted by Crippen LogP contribution is 2.36. The van der Waals surface area contributed by atoms with Gasteiger partial charge in [0.1, 0.15) is 0 Å². The van der Waals surface area contributed by atoms with Crippen molar-refractivity contribution in [2.75, 3.05) is 40.0 Å². The summed E-state index contributed by atoms with van der Waals surface area (Å²) in [6, 6.07) is 0. The molecule has 0 spiro atoms. The number of carbonyl (C=O) groups is 1. The molecular weight excluding hydrogens is 232 g/mol. The molecule has 106 valence electrons. The number of nitrogens with one attached hydrogen (secondary N) is 2. The van der Waals surface area contributed by atoms with Gasteiger partial charge in [-0.25, -0.2) is 0 Å². The third kappa shape index (κ3) is 5.33. The lowest BCUT2D eigenvalue weighted by Crippen LogP contribution is -2.41. The van der Waals surface area contributed by atoms with E-state index in [0.29, 0.717) is 19.7 Å². The van der Waals surface area contributed by atoms with E-state index in [-0.39, 0.29) is 17.9 Å². The molecule has 1 aliphatic rings. The van der Waals surface area contributed by atoms with Crippen molar-refractivity contribution in [1.29, 1.82) is 0 Å². The summed E-state index contributed by atoms with van der Waals surface area (Å²) in [5.74, 6) is 0.0113. The first-order valence-corrected chi connectivity index (χ1v) is 6.80. The summed E-state index contributed by atoms with van der Waals surface area (Å²) in [5, 5.41) is 15.4. The van der Waals surface area contributed by atoms with E-state index in [2.05, 4.69) is 10.6 Å². The molecule has 0 aromatic rings. The fourth-order valence-electron chi connectivity index (χ4n) is 2.46. The summed E-state index contributed by atoms with van der Waals surface area (Å²) in [5.41, 5.74) is 0.0102. The van der Waals surface area contributed by atoms with Gasteiger partial charge < -0.3 is 20.5 Å². The smallest absolute Gasteiger partial charge is 0.233 e. The number of rotatable bonds is 9. The summed E-state index contributed by atoms with van der Waals surface area (Å²) >= 11 is 0. The second kappa shape index (κ2) is 8.45. The minimum atomic E-state index is 0.0102. The Balaban J connectivity index is 2.07. The molecule has 0 heterocycles. The van der Waals surface area contributed by atoms with Crippen LogP contribution in [0.25, 0.3) is 0 Å². The van der Waals surface area contributed by atoms with Crippen LogP contribution in [0, 0.1) is 5.41 Å². The predicted octanol–water partition coefficient (Wildman–Crippen LogP) is 0.281. The van der Waals surface area contributed by atoms with E-state index in [1.165, 1.54) is 12.8 Å². The maximum atomic E-state index is 11.5. The van der Waals surface area contributed by atoms with Crippen molar-refractivity contribution in [2.45, 2.75) is 32.1 Å². The second-order valence-electron chi connectivity index (χ2n) is 5.17. The minimum Gasteiger partial charge on any atom is -0.396 e. The van der Waals surface area contributed by atoms with E-state index in [0.717, 1.165) is 25.8 Å². The first kappa shape index (κ1) is 15.4. The van der Waals surface area contributed by atoms with E-state index >= 15 is 0 Å². The van der Waals surface area contributed by atoms with Crippen molar-refractivity contribution in [3.8, 4) is 0 Å². The lowest BCUT2D eigenvalue weighted by Gasteiger charge is -2.26. The van der Waals surface area contributed by atoms with Gasteiger partial charge in [0.25, 0.3) is 0 Å². The van der Waals surface area contributed by atoms with Crippen molar-refractivity contribution in [1.82, 2.24) is 10.6 Å². The molecule has 0 aromatic carbocycles. The molecule has 0 aliphatic heterocycles. The molecule has 5 heteroatoms. The zero-order valence-corrected chi connectivity index (χ0v) is 11.3. The van der Waals surface area contributed by atoms with Gasteiger partial charge in [-0.05, 0) is 19.3 Å². The molecular formula is C13H26N2O3. The van der Waals surface area contributed by atoms with Gasteiger partial charge in [-0.15, -0.1) is 0 Å². The Morgan fingerprint density at radius 1 is 1.39 bits per heavy atom. The van der Waals surface area contributed by atoms with Crippen LogP contribution in [0.2, 0.25) is 0 Å². The van der Waals surface area contributed by atoms with Crippen molar-refractivity contribution in [3.63, 3.8) is 0 Å². The van der Waals surface area contributed by atoms with Gasteiger partial charge in [-0.1, -0.05) is 12.8 Å². The molecule has 0 aromatic heterocycles. The van der Waals surface area contributed by atoms with Crippen molar-refractivity contribution in [2.24, 2.45) is 5.41 Å². The molecule has 0 radical (unpaired) electrons. The highest BCUT2D eigenvalue weighted by molar-refractivity contribution is 5.77. The Morgan fingerprint density at radius 3 is 2.72 bits per heavy atom. The molecule has 3 N–H and O–H groups in total. The maximum Gasteiger partial charge on any atom is 0.233 e. The molecule has 1 amide bonds. The van der Waals surface area contributed by atoms with E-state index in [9.17, 15) is 9.90 Å². The zero-order chi connectivity index (χ0) is 13.3. The fraction of sp³-hybridized carbons (Fsp3) is 0.923. The predicted molar refractivity (Wildman–Crippen MR) is 70.4 cm³/mol. The Kier molecular flexibility index (Phi) is 7.23. The highest BCUT2D eigenvalue weighted by atomic mass is 16.5. The minimum absolute atomic E-state index is 0.0102. The van der Waals surface area contributed by atoms with Gasteiger partial charge in [-0.3, -0.25) is 4.79 Å².